The van der Waals surface area contributed by atoms with Gasteiger partial charge in [0.2, 0.25) is 0 Å². The fourth-order valence-electron chi connectivity index (χ4n) is 1.49. The average molecular weight is 276 g/mol. The summed E-state index contributed by atoms with van der Waals surface area (Å²) in [6.45, 7) is 0. The summed E-state index contributed by atoms with van der Waals surface area (Å²) < 4.78 is 18.8. The van der Waals surface area contributed by atoms with Crippen LogP contribution in [0.1, 0.15) is 15.9 Å². The van der Waals surface area contributed by atoms with Gasteiger partial charge in [0.1, 0.15) is 17.6 Å². The van der Waals surface area contributed by atoms with Gasteiger partial charge in [-0.1, -0.05) is 17.7 Å². The molecular weight excluding hydrogens is 269 g/mol. The van der Waals surface area contributed by atoms with E-state index in [2.05, 4.69) is 0 Å². The molecule has 0 bridgehead atoms. The fourth-order valence-corrected chi connectivity index (χ4v) is 1.71. The summed E-state index contributed by atoms with van der Waals surface area (Å²) in [7, 11) is 0. The minimum Gasteiger partial charge on any atom is -0.455 e. The molecule has 0 radical (unpaired) electrons. The van der Waals surface area contributed by atoms with Crippen LogP contribution in [-0.4, -0.2) is 6.29 Å². The number of halogens is 2. The molecule has 0 heterocycles. The Morgan fingerprint density at radius 2 is 2.11 bits per heavy atom. The van der Waals surface area contributed by atoms with Gasteiger partial charge in [0.25, 0.3) is 0 Å². The van der Waals surface area contributed by atoms with Crippen LogP contribution in [0.4, 0.5) is 4.39 Å². The molecule has 3 nitrogen and oxygen atoms in total. The van der Waals surface area contributed by atoms with E-state index in [1.807, 2.05) is 0 Å². The van der Waals surface area contributed by atoms with Gasteiger partial charge in [-0.25, -0.2) is 4.39 Å². The maximum atomic E-state index is 13.4. The Morgan fingerprint density at radius 3 is 2.74 bits per heavy atom. The highest BCUT2D eigenvalue weighted by atomic mass is 35.5. The van der Waals surface area contributed by atoms with Crippen LogP contribution in [0.15, 0.2) is 36.4 Å². The van der Waals surface area contributed by atoms with Crippen molar-refractivity contribution in [2.45, 2.75) is 0 Å². The van der Waals surface area contributed by atoms with E-state index < -0.39 is 5.82 Å². The molecular formula is C14H7ClFNO2. The number of aldehydes is 1. The quantitative estimate of drug-likeness (QED) is 0.797. The van der Waals surface area contributed by atoms with E-state index in [1.165, 1.54) is 18.2 Å². The molecule has 0 N–H and O–H groups in total. The zero-order chi connectivity index (χ0) is 13.8. The number of rotatable bonds is 3. The van der Waals surface area contributed by atoms with E-state index in [0.717, 1.165) is 6.07 Å². The molecule has 0 saturated heterocycles. The molecule has 0 atom stereocenters. The minimum absolute atomic E-state index is 0.0814. The molecule has 2 aromatic carbocycles. The van der Waals surface area contributed by atoms with Crippen LogP contribution >= 0.6 is 11.6 Å². The molecule has 0 saturated carbocycles. The Kier molecular flexibility index (Phi) is 3.79. The van der Waals surface area contributed by atoms with Crippen molar-refractivity contribution in [1.82, 2.24) is 0 Å². The lowest BCUT2D eigenvalue weighted by Crippen LogP contribution is -1.93. The third-order valence-corrected chi connectivity index (χ3v) is 2.70. The molecule has 0 fully saturated rings. The lowest BCUT2D eigenvalue weighted by Gasteiger charge is -2.09. The van der Waals surface area contributed by atoms with Crippen LogP contribution in [0.2, 0.25) is 5.02 Å². The van der Waals surface area contributed by atoms with Crippen LogP contribution in [0.25, 0.3) is 0 Å². The second-order valence-electron chi connectivity index (χ2n) is 3.63. The van der Waals surface area contributed by atoms with Gasteiger partial charge >= 0.3 is 0 Å². The van der Waals surface area contributed by atoms with Crippen molar-refractivity contribution in [1.29, 1.82) is 5.26 Å². The Balaban J connectivity index is 2.39. The molecule has 0 aromatic heterocycles. The Labute approximate surface area is 113 Å². The topological polar surface area (TPSA) is 50.1 Å². The lowest BCUT2D eigenvalue weighted by atomic mass is 10.2. The highest BCUT2D eigenvalue weighted by Gasteiger charge is 2.10. The van der Waals surface area contributed by atoms with Crippen LogP contribution in [0.5, 0.6) is 11.5 Å². The van der Waals surface area contributed by atoms with Gasteiger partial charge in [-0.05, 0) is 24.3 Å². The minimum atomic E-state index is -0.695. The number of carbonyl (C=O) groups excluding carboxylic acids is 1. The first-order valence-electron chi connectivity index (χ1n) is 5.27. The predicted molar refractivity (Wildman–Crippen MR) is 68.0 cm³/mol. The van der Waals surface area contributed by atoms with Gasteiger partial charge in [-0.15, -0.1) is 0 Å². The number of carbonyl (C=O) groups is 1. The predicted octanol–water partition coefficient (Wildman–Crippen LogP) is 3.96. The summed E-state index contributed by atoms with van der Waals surface area (Å²) in [5.74, 6) is -0.379. The van der Waals surface area contributed by atoms with Crippen LogP contribution in [-0.2, 0) is 0 Å². The third kappa shape index (κ3) is 2.72. The van der Waals surface area contributed by atoms with Crippen LogP contribution < -0.4 is 4.74 Å². The van der Waals surface area contributed by atoms with E-state index in [0.29, 0.717) is 6.29 Å². The van der Waals surface area contributed by atoms with E-state index in [4.69, 9.17) is 21.6 Å². The molecule has 0 aliphatic heterocycles. The highest BCUT2D eigenvalue weighted by Crippen LogP contribution is 2.32. The van der Waals surface area contributed by atoms with Gasteiger partial charge < -0.3 is 4.74 Å². The summed E-state index contributed by atoms with van der Waals surface area (Å²) >= 11 is 5.93. The number of nitriles is 1. The molecule has 19 heavy (non-hydrogen) atoms. The first-order valence-corrected chi connectivity index (χ1v) is 5.64. The van der Waals surface area contributed by atoms with Crippen molar-refractivity contribution in [3.63, 3.8) is 0 Å². The Hall–Kier alpha value is -2.38. The average Bonchev–Trinajstić information content (AvgIpc) is 2.41. The summed E-state index contributed by atoms with van der Waals surface area (Å²) in [5, 5.41) is 8.87. The van der Waals surface area contributed by atoms with Crippen LogP contribution in [0, 0.1) is 17.1 Å². The van der Waals surface area contributed by atoms with Gasteiger partial charge in [0.05, 0.1) is 16.1 Å². The number of ether oxygens (including phenoxy) is 1. The normalized spacial score (nSPS) is 9.74. The van der Waals surface area contributed by atoms with Crippen LogP contribution in [0.3, 0.4) is 0 Å². The molecule has 0 amide bonds. The van der Waals surface area contributed by atoms with Gasteiger partial charge in [0.15, 0.2) is 12.0 Å². The number of hydrogen-bond donors (Lipinski definition) is 0. The van der Waals surface area contributed by atoms with Gasteiger partial charge in [0, 0.05) is 6.07 Å². The summed E-state index contributed by atoms with van der Waals surface area (Å²) in [5.41, 5.74) is 0.180. The lowest BCUT2D eigenvalue weighted by molar-refractivity contribution is 0.112. The van der Waals surface area contributed by atoms with Crippen molar-refractivity contribution in [3.05, 3.63) is 58.4 Å². The molecule has 0 unspecified atom stereocenters. The number of hydrogen-bond acceptors (Lipinski definition) is 3. The second-order valence-corrected chi connectivity index (χ2v) is 4.04. The maximum absolute atomic E-state index is 13.4. The van der Waals surface area contributed by atoms with Crippen molar-refractivity contribution in [2.75, 3.05) is 0 Å². The Morgan fingerprint density at radius 1 is 1.32 bits per heavy atom. The monoisotopic (exact) mass is 275 g/mol. The van der Waals surface area contributed by atoms with E-state index >= 15 is 0 Å². The fraction of sp³-hybridized carbons (Fsp3) is 0. The molecule has 0 aliphatic rings. The smallest absolute Gasteiger partial charge is 0.156 e. The summed E-state index contributed by atoms with van der Waals surface area (Å²) in [4.78, 5) is 10.9. The van der Waals surface area contributed by atoms with Crippen molar-refractivity contribution in [2.24, 2.45) is 0 Å². The molecule has 2 rings (SSSR count). The van der Waals surface area contributed by atoms with Crippen molar-refractivity contribution < 1.29 is 13.9 Å². The zero-order valence-corrected chi connectivity index (χ0v) is 10.3. The second kappa shape index (κ2) is 5.51. The SMILES string of the molecule is N#Cc1ccc(Oc2c(Cl)cccc2C=O)cc1F. The van der Waals surface area contributed by atoms with E-state index in [9.17, 15) is 9.18 Å². The van der Waals surface area contributed by atoms with Gasteiger partial charge in [-0.2, -0.15) is 5.26 Å². The largest absolute Gasteiger partial charge is 0.455 e. The van der Waals surface area contributed by atoms with E-state index in [-0.39, 0.29) is 27.6 Å². The third-order valence-electron chi connectivity index (χ3n) is 2.41. The molecule has 94 valence electrons. The molecule has 0 spiro atoms. The maximum Gasteiger partial charge on any atom is 0.156 e. The molecule has 5 heteroatoms. The first-order chi connectivity index (χ1) is 9.15. The standard InChI is InChI=1S/C14H7ClFNO2/c15-12-3-1-2-10(8-18)14(12)19-11-5-4-9(7-17)13(16)6-11/h1-6,8H. The highest BCUT2D eigenvalue weighted by molar-refractivity contribution is 6.32. The van der Waals surface area contributed by atoms with Crippen molar-refractivity contribution in [3.8, 4) is 17.6 Å². The summed E-state index contributed by atoms with van der Waals surface area (Å²) in [6.07, 6.45) is 0.598. The molecule has 2 aromatic rings. The van der Waals surface area contributed by atoms with Crippen molar-refractivity contribution >= 4 is 17.9 Å². The van der Waals surface area contributed by atoms with Gasteiger partial charge in [-0.3, -0.25) is 4.79 Å². The summed E-state index contributed by atoms with van der Waals surface area (Å²) in [6, 6.07) is 10.2. The molecule has 0 aliphatic carbocycles. The first kappa shape index (κ1) is 13.1. The van der Waals surface area contributed by atoms with E-state index in [1.54, 1.807) is 18.2 Å². The number of nitrogens with zero attached hydrogens (tertiary/aromatic N) is 1. The Bertz CT molecular complexity index is 680. The zero-order valence-electron chi connectivity index (χ0n) is 9.56. The number of para-hydroxylation sites is 1. The number of benzene rings is 2.